The maximum Gasteiger partial charge on any atom is 0.302 e. The molecule has 1 atom stereocenters. The number of piperidine rings is 1. The molecule has 0 saturated carbocycles. The molecule has 218 valence electrons. The van der Waals surface area contributed by atoms with Crippen molar-refractivity contribution in [2.45, 2.75) is 51.5 Å². The Morgan fingerprint density at radius 1 is 0.900 bits per heavy atom. The van der Waals surface area contributed by atoms with Crippen molar-refractivity contribution in [1.29, 1.82) is 0 Å². The highest BCUT2D eigenvalue weighted by molar-refractivity contribution is 6.26. The number of carbonyl (C=O) groups is 6. The van der Waals surface area contributed by atoms with E-state index in [-0.39, 0.29) is 54.6 Å². The van der Waals surface area contributed by atoms with E-state index in [1.165, 1.54) is 13.0 Å². The van der Waals surface area contributed by atoms with Gasteiger partial charge in [-0.2, -0.15) is 0 Å². The van der Waals surface area contributed by atoms with Crippen molar-refractivity contribution in [3.8, 4) is 0 Å². The molecular weight excluding hydrogens is 526 g/mol. The van der Waals surface area contributed by atoms with Crippen LogP contribution in [-0.4, -0.2) is 92.7 Å². The number of rotatable bonds is 17. The van der Waals surface area contributed by atoms with E-state index >= 15 is 0 Å². The summed E-state index contributed by atoms with van der Waals surface area (Å²) in [5.41, 5.74) is 0.379. The first-order valence-corrected chi connectivity index (χ1v) is 13.3. The topological polar surface area (TPSA) is 167 Å². The zero-order valence-electron chi connectivity index (χ0n) is 22.5. The van der Waals surface area contributed by atoms with Crippen LogP contribution in [0.5, 0.6) is 0 Å². The van der Waals surface area contributed by atoms with Gasteiger partial charge in [-0.1, -0.05) is 12.5 Å². The molecule has 1 saturated heterocycles. The van der Waals surface area contributed by atoms with Crippen LogP contribution >= 0.6 is 0 Å². The largest absolute Gasteiger partial charge is 0.463 e. The van der Waals surface area contributed by atoms with E-state index in [2.05, 4.69) is 10.6 Å². The minimum atomic E-state index is -1.07. The van der Waals surface area contributed by atoms with E-state index < -0.39 is 29.7 Å². The molecule has 3 rings (SSSR count). The monoisotopic (exact) mass is 561 g/mol. The molecule has 5 amide bonds. The number of benzene rings is 1. The van der Waals surface area contributed by atoms with E-state index in [1.807, 2.05) is 0 Å². The van der Waals surface area contributed by atoms with E-state index in [1.54, 1.807) is 12.1 Å². The number of imide groups is 2. The summed E-state index contributed by atoms with van der Waals surface area (Å²) in [6.45, 7) is 4.10. The highest BCUT2D eigenvalue weighted by Crippen LogP contribution is 2.32. The Labute approximate surface area is 231 Å². The number of anilines is 1. The molecule has 0 aliphatic carbocycles. The quantitative estimate of drug-likeness (QED) is 0.160. The van der Waals surface area contributed by atoms with Gasteiger partial charge in [0.1, 0.15) is 12.6 Å². The van der Waals surface area contributed by atoms with Crippen LogP contribution in [0, 0.1) is 0 Å². The van der Waals surface area contributed by atoms with Gasteiger partial charge in [-0.25, -0.2) is 0 Å². The molecule has 13 heteroatoms. The van der Waals surface area contributed by atoms with Crippen molar-refractivity contribution in [3.63, 3.8) is 0 Å². The molecule has 1 unspecified atom stereocenters. The van der Waals surface area contributed by atoms with E-state index in [4.69, 9.17) is 18.9 Å². The van der Waals surface area contributed by atoms with Gasteiger partial charge in [0.15, 0.2) is 0 Å². The fourth-order valence-corrected chi connectivity index (χ4v) is 4.28. The number of hydrogen-bond donors (Lipinski definition) is 2. The Kier molecular flexibility index (Phi) is 12.2. The first-order valence-electron chi connectivity index (χ1n) is 13.3. The first kappa shape index (κ1) is 30.9. The van der Waals surface area contributed by atoms with Crippen molar-refractivity contribution in [3.05, 3.63) is 29.3 Å². The van der Waals surface area contributed by atoms with Gasteiger partial charge in [-0.15, -0.1) is 0 Å². The van der Waals surface area contributed by atoms with Gasteiger partial charge in [0.25, 0.3) is 11.8 Å². The third kappa shape index (κ3) is 8.93. The van der Waals surface area contributed by atoms with Gasteiger partial charge in [-0.05, 0) is 31.4 Å². The Hall–Kier alpha value is -3.68. The van der Waals surface area contributed by atoms with Crippen LogP contribution in [0.2, 0.25) is 0 Å². The fourth-order valence-electron chi connectivity index (χ4n) is 4.28. The molecule has 1 fully saturated rings. The normalized spacial score (nSPS) is 16.6. The standard InChI is InChI=1S/C27H35N3O10/c1-18(31)40-17-16-39-15-14-38-13-12-37-11-4-2-3-8-22(32)28-20-7-5-6-19-24(20)27(36)30(26(19)35)21-9-10-23(33)29-25(21)34/h5-7,21H,2-4,8-17H2,1H3,(H,28,32)(H,29,33,34). The summed E-state index contributed by atoms with van der Waals surface area (Å²) in [7, 11) is 0. The third-order valence-corrected chi connectivity index (χ3v) is 6.21. The number of amides is 5. The molecule has 0 bridgehead atoms. The third-order valence-electron chi connectivity index (χ3n) is 6.21. The summed E-state index contributed by atoms with van der Waals surface area (Å²) < 4.78 is 20.9. The SMILES string of the molecule is CC(=O)OCCOCCOCCOCCCCCC(=O)Nc1cccc2c1C(=O)N(C1CCC(=O)NC1=O)C2=O. The van der Waals surface area contributed by atoms with Gasteiger partial charge >= 0.3 is 5.97 Å². The summed E-state index contributed by atoms with van der Waals surface area (Å²) in [6, 6.07) is 3.51. The molecular formula is C27H35N3O10. The second-order valence-corrected chi connectivity index (χ2v) is 9.21. The van der Waals surface area contributed by atoms with Crippen LogP contribution < -0.4 is 10.6 Å². The molecule has 40 heavy (non-hydrogen) atoms. The van der Waals surface area contributed by atoms with Crippen LogP contribution in [0.1, 0.15) is 66.2 Å². The summed E-state index contributed by atoms with van der Waals surface area (Å²) in [6.07, 6.45) is 2.45. The van der Waals surface area contributed by atoms with Crippen molar-refractivity contribution in [2.75, 3.05) is 51.6 Å². The highest BCUT2D eigenvalue weighted by Gasteiger charge is 2.45. The molecule has 2 aliphatic rings. The van der Waals surface area contributed by atoms with E-state index in [9.17, 15) is 28.8 Å². The van der Waals surface area contributed by atoms with Crippen molar-refractivity contribution < 1.29 is 47.7 Å². The Morgan fingerprint density at radius 3 is 2.25 bits per heavy atom. The van der Waals surface area contributed by atoms with Gasteiger partial charge in [0, 0.05) is 26.4 Å². The number of carbonyl (C=O) groups excluding carboxylic acids is 6. The molecule has 2 heterocycles. The maximum absolute atomic E-state index is 13.1. The van der Waals surface area contributed by atoms with E-state index in [0.29, 0.717) is 46.1 Å². The Morgan fingerprint density at radius 2 is 1.57 bits per heavy atom. The number of nitrogens with one attached hydrogen (secondary N) is 2. The first-order chi connectivity index (χ1) is 19.3. The average Bonchev–Trinajstić information content (AvgIpc) is 3.16. The summed E-state index contributed by atoms with van der Waals surface area (Å²) in [5, 5.41) is 4.87. The van der Waals surface area contributed by atoms with Gasteiger partial charge < -0.3 is 24.3 Å². The number of ether oxygens (including phenoxy) is 4. The minimum absolute atomic E-state index is 0.0307. The lowest BCUT2D eigenvalue weighted by Gasteiger charge is -2.27. The molecule has 13 nitrogen and oxygen atoms in total. The van der Waals surface area contributed by atoms with Crippen LogP contribution in [0.3, 0.4) is 0 Å². The van der Waals surface area contributed by atoms with Crippen LogP contribution in [-0.2, 0) is 38.1 Å². The molecule has 2 aliphatic heterocycles. The lowest BCUT2D eigenvalue weighted by molar-refractivity contribution is -0.142. The van der Waals surface area contributed by atoms with Crippen molar-refractivity contribution in [2.24, 2.45) is 0 Å². The zero-order valence-corrected chi connectivity index (χ0v) is 22.5. The van der Waals surface area contributed by atoms with E-state index in [0.717, 1.165) is 17.7 Å². The number of nitrogens with zero attached hydrogens (tertiary/aromatic N) is 1. The predicted octanol–water partition coefficient (Wildman–Crippen LogP) is 1.20. The van der Waals surface area contributed by atoms with Gasteiger partial charge in [-0.3, -0.25) is 39.0 Å². The second-order valence-electron chi connectivity index (χ2n) is 9.21. The lowest BCUT2D eigenvalue weighted by atomic mass is 10.0. The van der Waals surface area contributed by atoms with Crippen LogP contribution in [0.15, 0.2) is 18.2 Å². The summed E-state index contributed by atoms with van der Waals surface area (Å²) in [5.74, 6) is -3.06. The Bertz CT molecular complexity index is 1110. The molecule has 0 spiro atoms. The number of fused-ring (bicyclic) bond motifs is 1. The minimum Gasteiger partial charge on any atom is -0.463 e. The smallest absolute Gasteiger partial charge is 0.302 e. The average molecular weight is 562 g/mol. The fraction of sp³-hybridized carbons (Fsp3) is 0.556. The number of hydrogen-bond acceptors (Lipinski definition) is 10. The summed E-state index contributed by atoms with van der Waals surface area (Å²) in [4.78, 5) is 73.7. The maximum atomic E-state index is 13.1. The van der Waals surface area contributed by atoms with Crippen LogP contribution in [0.25, 0.3) is 0 Å². The molecule has 0 aromatic heterocycles. The second kappa shape index (κ2) is 15.8. The Balaban J connectivity index is 1.29. The molecule has 1 aromatic carbocycles. The van der Waals surface area contributed by atoms with Crippen molar-refractivity contribution in [1.82, 2.24) is 10.2 Å². The summed E-state index contributed by atoms with van der Waals surface area (Å²) >= 11 is 0. The predicted molar refractivity (Wildman–Crippen MR) is 139 cm³/mol. The zero-order chi connectivity index (χ0) is 28.9. The van der Waals surface area contributed by atoms with Gasteiger partial charge in [0.05, 0.1) is 49.8 Å². The molecule has 2 N–H and O–H groups in total. The molecule has 0 radical (unpaired) electrons. The molecule has 1 aromatic rings. The van der Waals surface area contributed by atoms with Gasteiger partial charge in [0.2, 0.25) is 17.7 Å². The number of esters is 1. The van der Waals surface area contributed by atoms with Crippen molar-refractivity contribution >= 4 is 41.2 Å². The lowest BCUT2D eigenvalue weighted by Crippen LogP contribution is -2.54. The highest BCUT2D eigenvalue weighted by atomic mass is 16.6. The van der Waals surface area contributed by atoms with Crippen LogP contribution in [0.4, 0.5) is 5.69 Å². The number of unbranched alkanes of at least 4 members (excludes halogenated alkanes) is 2.